The maximum Gasteiger partial charge on any atom is 0.333 e. The lowest BCUT2D eigenvalue weighted by molar-refractivity contribution is -0.197. The minimum Gasteiger partial charge on any atom is -0.494 e. The van der Waals surface area contributed by atoms with Gasteiger partial charge in [-0.15, -0.1) is 5.06 Å². The number of hydroxylamine groups is 2. The van der Waals surface area contributed by atoms with Gasteiger partial charge in [0.1, 0.15) is 11.6 Å². The second-order valence-corrected chi connectivity index (χ2v) is 21.5. The van der Waals surface area contributed by atoms with Crippen LogP contribution in [0.5, 0.6) is 5.75 Å². The molecule has 4 heterocycles. The van der Waals surface area contributed by atoms with Gasteiger partial charge in [0.25, 0.3) is 11.8 Å². The molecule has 1 aliphatic carbocycles. The van der Waals surface area contributed by atoms with Crippen molar-refractivity contribution in [3.05, 3.63) is 89.5 Å². The van der Waals surface area contributed by atoms with Crippen molar-refractivity contribution >= 4 is 74.5 Å². The van der Waals surface area contributed by atoms with Crippen molar-refractivity contribution in [3.63, 3.8) is 0 Å². The Bertz CT molecular complexity index is 2510. The summed E-state index contributed by atoms with van der Waals surface area (Å²) in [5.41, 5.74) is 5.11. The number of piperazine rings is 1. The predicted molar refractivity (Wildman–Crippen MR) is 267 cm³/mol. The second kappa shape index (κ2) is 24.9. The quantitative estimate of drug-likeness (QED) is 0.0367. The number of amides is 7. The highest BCUT2D eigenvalue weighted by atomic mass is 33.1. The van der Waals surface area contributed by atoms with E-state index in [-0.39, 0.29) is 74.0 Å². The van der Waals surface area contributed by atoms with E-state index in [2.05, 4.69) is 31.0 Å². The fraction of sp³-hybridized carbons (Fsp3) is 0.500. The van der Waals surface area contributed by atoms with Crippen LogP contribution in [0.25, 0.3) is 0 Å². The van der Waals surface area contributed by atoms with Crippen LogP contribution in [0.15, 0.2) is 72.1 Å². The molecule has 7 amide bonds. The molecule has 1 aromatic heterocycles. The Hall–Kier alpha value is -6.06. The van der Waals surface area contributed by atoms with Crippen molar-refractivity contribution in [1.82, 2.24) is 35.5 Å². The number of hydrazone groups is 1. The van der Waals surface area contributed by atoms with Crippen molar-refractivity contribution in [1.29, 1.82) is 0 Å². The van der Waals surface area contributed by atoms with E-state index in [0.29, 0.717) is 66.9 Å². The Morgan fingerprint density at radius 1 is 0.944 bits per heavy atom. The lowest BCUT2D eigenvalue weighted by Gasteiger charge is -2.42. The van der Waals surface area contributed by atoms with E-state index in [1.807, 2.05) is 18.7 Å². The van der Waals surface area contributed by atoms with Crippen LogP contribution >= 0.6 is 21.6 Å². The van der Waals surface area contributed by atoms with Crippen LogP contribution in [-0.2, 0) is 40.1 Å². The van der Waals surface area contributed by atoms with Crippen molar-refractivity contribution in [3.8, 4) is 5.75 Å². The van der Waals surface area contributed by atoms with Gasteiger partial charge in [-0.05, 0) is 106 Å². The number of hydrogen-bond acceptors (Lipinski definition) is 14. The van der Waals surface area contributed by atoms with Gasteiger partial charge in [-0.2, -0.15) is 5.10 Å². The molecule has 4 aliphatic rings. The Labute approximate surface area is 423 Å². The number of pyridine rings is 1. The lowest BCUT2D eigenvalue weighted by atomic mass is 10.0. The predicted octanol–water partition coefficient (Wildman–Crippen LogP) is 6.03. The first kappa shape index (κ1) is 49.9. The highest BCUT2D eigenvalue weighted by Gasteiger charge is 2.44. The maximum atomic E-state index is 15.1. The zero-order valence-electron chi connectivity index (χ0n) is 42.2. The first-order chi connectivity index (χ1) is 34.9. The molecule has 0 spiro atoms. The van der Waals surface area contributed by atoms with Crippen LogP contribution in [-0.4, -0.2) is 134 Å². The second-order valence-electron chi connectivity index (χ2n) is 18.3. The molecule has 3 N–H and O–H groups in total. The number of halogens is 1. The summed E-state index contributed by atoms with van der Waals surface area (Å²) < 4.78 is 36.9. The number of nitrogens with zero attached hydrogens (tertiary/aromatic N) is 6. The number of benzene rings is 2. The number of nitrogens with one attached hydrogen (secondary N) is 3. The fourth-order valence-electron chi connectivity index (χ4n) is 8.41. The molecule has 18 nitrogen and oxygen atoms in total. The van der Waals surface area contributed by atoms with E-state index in [1.54, 1.807) is 82.2 Å². The zero-order chi connectivity index (χ0) is 52.3. The number of piperidine rings is 1. The average Bonchev–Trinajstić information content (AvgIpc) is 3.84. The summed E-state index contributed by atoms with van der Waals surface area (Å²) in [4.78, 5) is 102. The molecule has 3 saturated heterocycles. The van der Waals surface area contributed by atoms with Gasteiger partial charge in [0.05, 0.1) is 18.7 Å². The monoisotopic (exact) mass is 1020 g/mol. The summed E-state index contributed by atoms with van der Waals surface area (Å²) in [6.07, 6.45) is 3.94. The molecule has 2 aromatic carbocycles. The number of rotatable bonds is 21. The number of carbonyl (C=O) groups is 7. The molecule has 71 heavy (non-hydrogen) atoms. The Morgan fingerprint density at radius 2 is 1.68 bits per heavy atom. The largest absolute Gasteiger partial charge is 0.494 e. The third-order valence-corrected chi connectivity index (χ3v) is 15.8. The third kappa shape index (κ3) is 15.5. The van der Waals surface area contributed by atoms with Gasteiger partial charge in [0, 0.05) is 120 Å². The van der Waals surface area contributed by atoms with Crippen LogP contribution in [0.1, 0.15) is 104 Å². The molecule has 3 aromatic rings. The molecule has 7 rings (SSSR count). The van der Waals surface area contributed by atoms with Gasteiger partial charge in [0.15, 0.2) is 0 Å². The van der Waals surface area contributed by atoms with Crippen molar-refractivity contribution in [2.45, 2.75) is 102 Å². The van der Waals surface area contributed by atoms with E-state index in [4.69, 9.17) is 12.3 Å². The highest BCUT2D eigenvalue weighted by molar-refractivity contribution is 8.77. The summed E-state index contributed by atoms with van der Waals surface area (Å²) in [6, 6.07) is 14.7. The molecule has 0 radical (unpaired) electrons. The number of anilines is 1. The molecular weight excluding hydrogens is 954 g/mol. The van der Waals surface area contributed by atoms with Crippen molar-refractivity contribution in [2.24, 2.45) is 11.0 Å². The molecule has 1 saturated carbocycles. The minimum absolute atomic E-state index is 0.0215. The highest BCUT2D eigenvalue weighted by Crippen LogP contribution is 2.47. The standard InChI is InChI=1S/C50H62FN9O9S2/c1-33(34-9-12-39(13-10-34)68-26-5-7-47(65)69-60-45(63)14-15-46(60)64)55-56-43(61)30-50(2,3)71-70-27-18-44(62)58-24-22-57(23-25-58)38-16-20-59(21-17-38)49(67)53-32-36-8-11-37(28-42(36)51)54-48(66)41-29-40(41)35-6-4-19-52-31-35/h4,6,8-13,19,28,31,38,40-41H,5,7,14-18,20-27,29-30,32H2,1-3H3,(H,53,67)(H,54,66)(H,56,61)/b55-33+/t40-,41+/m1/s1/i29D2. The van der Waals surface area contributed by atoms with Gasteiger partial charge >= 0.3 is 12.0 Å². The summed E-state index contributed by atoms with van der Waals surface area (Å²) in [5, 5.41) is 10.2. The van der Waals surface area contributed by atoms with Crippen LogP contribution in [0, 0.1) is 11.7 Å². The van der Waals surface area contributed by atoms with Crippen LogP contribution in [0.4, 0.5) is 14.9 Å². The Kier molecular flexibility index (Phi) is 17.5. The molecule has 2 atom stereocenters. The zero-order valence-corrected chi connectivity index (χ0v) is 41.8. The first-order valence-corrected chi connectivity index (χ1v) is 26.2. The van der Waals surface area contributed by atoms with Crippen molar-refractivity contribution in [2.75, 3.05) is 56.9 Å². The molecule has 4 fully saturated rings. The van der Waals surface area contributed by atoms with Crippen LogP contribution < -0.4 is 20.8 Å². The van der Waals surface area contributed by atoms with E-state index >= 15 is 4.39 Å². The van der Waals surface area contributed by atoms with Gasteiger partial charge in [-0.25, -0.2) is 19.4 Å². The normalized spacial score (nSPS) is 19.9. The van der Waals surface area contributed by atoms with E-state index in [1.165, 1.54) is 18.2 Å². The van der Waals surface area contributed by atoms with Gasteiger partial charge < -0.3 is 30.0 Å². The number of hydrogen-bond donors (Lipinski definition) is 3. The molecule has 3 aliphatic heterocycles. The van der Waals surface area contributed by atoms with Crippen LogP contribution in [0.2, 0.25) is 0 Å². The Balaban J connectivity index is 0.719. The molecule has 0 unspecified atom stereocenters. The summed E-state index contributed by atoms with van der Waals surface area (Å²) in [5.74, 6) is -3.37. The number of likely N-dealkylation sites (tertiary alicyclic amines) is 1. The van der Waals surface area contributed by atoms with Gasteiger partial charge in [-0.1, -0.05) is 33.7 Å². The molecular formula is C50H62FN9O9S2. The van der Waals surface area contributed by atoms with E-state index in [9.17, 15) is 33.6 Å². The number of aromatic nitrogens is 1. The van der Waals surface area contributed by atoms with E-state index in [0.717, 1.165) is 31.5 Å². The summed E-state index contributed by atoms with van der Waals surface area (Å²) >= 11 is 0. The maximum absolute atomic E-state index is 15.1. The smallest absolute Gasteiger partial charge is 0.333 e. The number of imide groups is 1. The fourth-order valence-corrected chi connectivity index (χ4v) is 10.9. The summed E-state index contributed by atoms with van der Waals surface area (Å²) in [6.45, 7) is 9.77. The summed E-state index contributed by atoms with van der Waals surface area (Å²) in [7, 11) is 3.12. The molecule has 0 bridgehead atoms. The Morgan fingerprint density at radius 3 is 2.37 bits per heavy atom. The SMILES string of the molecule is [2H]C1([2H])[C@H](C(=O)Nc2ccc(CNC(=O)N3CCC(N4CCN(C(=O)CCSSC(C)(C)CC(=O)N/N=C(\C)c5ccc(OCCCC(=O)ON6C(=O)CCC6=O)cc5)CC4)CC3)c(F)c2)[C@H]1c1cccnc1. The van der Waals surface area contributed by atoms with Gasteiger partial charge in [0.2, 0.25) is 17.7 Å². The lowest BCUT2D eigenvalue weighted by Crippen LogP contribution is -2.55. The number of ether oxygens (including phenoxy) is 1. The van der Waals surface area contributed by atoms with Crippen molar-refractivity contribution < 1.29 is 50.3 Å². The molecule has 380 valence electrons. The number of urea groups is 1. The van der Waals surface area contributed by atoms with E-state index < -0.39 is 52.5 Å². The number of carbonyl (C=O) groups excluding carboxylic acids is 7. The topological polar surface area (TPSA) is 212 Å². The third-order valence-electron chi connectivity index (χ3n) is 12.5. The molecule has 21 heteroatoms. The minimum atomic E-state index is -1.74. The van der Waals surface area contributed by atoms with Gasteiger partial charge in [-0.3, -0.25) is 33.9 Å². The van der Waals surface area contributed by atoms with Crippen LogP contribution in [0.3, 0.4) is 0 Å². The average molecular weight is 1020 g/mol. The first-order valence-electron chi connectivity index (χ1n) is 24.9.